The van der Waals surface area contributed by atoms with Gasteiger partial charge in [0.05, 0.1) is 3.57 Å². The Kier molecular flexibility index (Phi) is 3.23. The van der Waals surface area contributed by atoms with Crippen molar-refractivity contribution in [3.05, 3.63) is 32.6 Å². The van der Waals surface area contributed by atoms with Crippen LogP contribution in [0.2, 0.25) is 0 Å². The van der Waals surface area contributed by atoms with Crippen molar-refractivity contribution in [1.29, 1.82) is 0 Å². The number of halogens is 2. The fourth-order valence-corrected chi connectivity index (χ4v) is 3.22. The predicted molar refractivity (Wildman–Crippen MR) is 75.2 cm³/mol. The summed E-state index contributed by atoms with van der Waals surface area (Å²) in [6.07, 6.45) is 0.519. The van der Waals surface area contributed by atoms with Gasteiger partial charge < -0.3 is 4.90 Å². The molecule has 0 aliphatic carbocycles. The van der Waals surface area contributed by atoms with E-state index >= 15 is 0 Å². The normalized spacial score (nSPS) is 22.0. The maximum atomic E-state index is 13.5. The van der Waals surface area contributed by atoms with Crippen molar-refractivity contribution in [1.82, 2.24) is 10.2 Å². The Morgan fingerprint density at radius 1 is 1.30 bits per heavy atom. The molecule has 1 atom stereocenters. The van der Waals surface area contributed by atoms with Crippen molar-refractivity contribution >= 4 is 40.3 Å². The number of fused-ring (bicyclic) bond motifs is 1. The lowest BCUT2D eigenvalue weighted by molar-refractivity contribution is -0.136. The zero-order valence-corrected chi connectivity index (χ0v) is 12.4. The number of nitrogens with one attached hydrogen (secondary N) is 1. The van der Waals surface area contributed by atoms with Crippen LogP contribution in [0.4, 0.5) is 4.39 Å². The van der Waals surface area contributed by atoms with E-state index in [0.29, 0.717) is 21.1 Å². The second-order valence-electron chi connectivity index (χ2n) is 4.79. The summed E-state index contributed by atoms with van der Waals surface area (Å²) in [6, 6.07) is 2.04. The molecule has 2 heterocycles. The lowest BCUT2D eigenvalue weighted by Gasteiger charge is -2.29. The van der Waals surface area contributed by atoms with Crippen molar-refractivity contribution in [2.75, 3.05) is 0 Å². The van der Waals surface area contributed by atoms with Crippen LogP contribution in [0.15, 0.2) is 12.1 Å². The van der Waals surface area contributed by atoms with Crippen LogP contribution in [0, 0.1) is 9.39 Å². The van der Waals surface area contributed by atoms with Crippen molar-refractivity contribution < 1.29 is 18.8 Å². The maximum Gasteiger partial charge on any atom is 0.255 e. The number of nitrogens with zero attached hydrogens (tertiary/aromatic N) is 1. The number of carbonyl (C=O) groups is 3. The molecule has 1 fully saturated rings. The molecule has 0 saturated carbocycles. The van der Waals surface area contributed by atoms with E-state index in [4.69, 9.17) is 0 Å². The third-order valence-corrected chi connectivity index (χ3v) is 4.77. The van der Waals surface area contributed by atoms with Crippen LogP contribution in [0.5, 0.6) is 0 Å². The van der Waals surface area contributed by atoms with Crippen LogP contribution in [-0.4, -0.2) is 28.7 Å². The van der Waals surface area contributed by atoms with Gasteiger partial charge in [-0.05, 0) is 41.1 Å². The SMILES string of the molecule is O=C1CCC(N2Cc3c(ccc(F)c3I)C2=O)C(=O)N1. The quantitative estimate of drug-likeness (QED) is 0.581. The maximum absolute atomic E-state index is 13.5. The predicted octanol–water partition coefficient (Wildman–Crippen LogP) is 1.19. The van der Waals surface area contributed by atoms with Crippen molar-refractivity contribution in [3.8, 4) is 0 Å². The Morgan fingerprint density at radius 3 is 2.75 bits per heavy atom. The third-order valence-electron chi connectivity index (χ3n) is 3.60. The fraction of sp³-hybridized carbons (Fsp3) is 0.308. The summed E-state index contributed by atoms with van der Waals surface area (Å²) >= 11 is 1.86. The molecule has 1 N–H and O–H groups in total. The van der Waals surface area contributed by atoms with Crippen molar-refractivity contribution in [2.45, 2.75) is 25.4 Å². The summed E-state index contributed by atoms with van der Waals surface area (Å²) in [6.45, 7) is 0.205. The van der Waals surface area contributed by atoms with Crippen LogP contribution in [-0.2, 0) is 16.1 Å². The molecule has 2 aliphatic rings. The molecule has 7 heteroatoms. The van der Waals surface area contributed by atoms with E-state index in [0.717, 1.165) is 0 Å². The van der Waals surface area contributed by atoms with Gasteiger partial charge in [0, 0.05) is 24.1 Å². The number of carbonyl (C=O) groups excluding carboxylic acids is 3. The molecule has 0 spiro atoms. The molecule has 5 nitrogen and oxygen atoms in total. The van der Waals surface area contributed by atoms with Crippen LogP contribution in [0.1, 0.15) is 28.8 Å². The molecule has 2 aliphatic heterocycles. The topological polar surface area (TPSA) is 66.5 Å². The number of hydrogen-bond donors (Lipinski definition) is 1. The molecular weight excluding hydrogens is 378 g/mol. The van der Waals surface area contributed by atoms with Gasteiger partial charge in [-0.15, -0.1) is 0 Å². The summed E-state index contributed by atoms with van der Waals surface area (Å²) < 4.78 is 13.9. The van der Waals surface area contributed by atoms with Gasteiger partial charge in [-0.25, -0.2) is 4.39 Å². The highest BCUT2D eigenvalue weighted by Gasteiger charge is 2.40. The van der Waals surface area contributed by atoms with Gasteiger partial charge >= 0.3 is 0 Å². The highest BCUT2D eigenvalue weighted by molar-refractivity contribution is 14.1. The number of imide groups is 1. The van der Waals surface area contributed by atoms with Crippen LogP contribution >= 0.6 is 22.6 Å². The smallest absolute Gasteiger partial charge is 0.255 e. The lowest BCUT2D eigenvalue weighted by atomic mass is 10.0. The van der Waals surface area contributed by atoms with E-state index in [-0.39, 0.29) is 30.6 Å². The fourth-order valence-electron chi connectivity index (χ4n) is 2.58. The van der Waals surface area contributed by atoms with E-state index in [1.54, 1.807) is 0 Å². The summed E-state index contributed by atoms with van der Waals surface area (Å²) in [5.41, 5.74) is 1.04. The Labute approximate surface area is 127 Å². The van der Waals surface area contributed by atoms with E-state index in [9.17, 15) is 18.8 Å². The summed E-state index contributed by atoms with van der Waals surface area (Å²) in [5.74, 6) is -1.44. The molecule has 1 aromatic carbocycles. The molecule has 3 rings (SSSR count). The monoisotopic (exact) mass is 388 g/mol. The van der Waals surface area contributed by atoms with Crippen LogP contribution in [0.3, 0.4) is 0 Å². The minimum atomic E-state index is -0.661. The number of hydrogen-bond acceptors (Lipinski definition) is 3. The van der Waals surface area contributed by atoms with Crippen LogP contribution < -0.4 is 5.32 Å². The molecule has 20 heavy (non-hydrogen) atoms. The van der Waals surface area contributed by atoms with Crippen molar-refractivity contribution in [2.24, 2.45) is 0 Å². The van der Waals surface area contributed by atoms with Gasteiger partial charge in [0.15, 0.2) is 0 Å². The molecule has 0 bridgehead atoms. The molecule has 1 aromatic rings. The van der Waals surface area contributed by atoms with Gasteiger partial charge in [-0.2, -0.15) is 0 Å². The van der Waals surface area contributed by atoms with E-state index in [1.165, 1.54) is 17.0 Å². The first kappa shape index (κ1) is 13.5. The van der Waals surface area contributed by atoms with Gasteiger partial charge in [0.1, 0.15) is 11.9 Å². The van der Waals surface area contributed by atoms with Gasteiger partial charge in [0.25, 0.3) is 5.91 Å². The number of piperidine rings is 1. The molecule has 1 saturated heterocycles. The Morgan fingerprint density at radius 2 is 2.05 bits per heavy atom. The summed E-state index contributed by atoms with van der Waals surface area (Å²) in [7, 11) is 0. The zero-order valence-electron chi connectivity index (χ0n) is 10.3. The first-order chi connectivity index (χ1) is 9.49. The standard InChI is InChI=1S/C13H10FIN2O3/c14-8-2-1-6-7(11(8)15)5-17(13(6)20)9-3-4-10(18)16-12(9)19/h1-2,9H,3-5H2,(H,16,18,19). The first-order valence-electron chi connectivity index (χ1n) is 6.10. The highest BCUT2D eigenvalue weighted by Crippen LogP contribution is 2.31. The highest BCUT2D eigenvalue weighted by atomic mass is 127. The Bertz CT molecular complexity index is 647. The molecule has 1 unspecified atom stereocenters. The zero-order chi connectivity index (χ0) is 14.4. The summed E-state index contributed by atoms with van der Waals surface area (Å²) in [5, 5.41) is 2.23. The average molecular weight is 388 g/mol. The minimum absolute atomic E-state index is 0.205. The lowest BCUT2D eigenvalue weighted by Crippen LogP contribution is -2.52. The van der Waals surface area contributed by atoms with E-state index < -0.39 is 11.9 Å². The first-order valence-corrected chi connectivity index (χ1v) is 7.18. The van der Waals surface area contributed by atoms with E-state index in [2.05, 4.69) is 5.32 Å². The number of amides is 3. The van der Waals surface area contributed by atoms with Gasteiger partial charge in [-0.1, -0.05) is 0 Å². The Hall–Kier alpha value is -1.51. The third kappa shape index (κ3) is 2.00. The largest absolute Gasteiger partial charge is 0.322 e. The Balaban J connectivity index is 1.92. The average Bonchev–Trinajstić information content (AvgIpc) is 2.72. The molecule has 3 amide bonds. The number of benzene rings is 1. The second kappa shape index (κ2) is 4.80. The van der Waals surface area contributed by atoms with Crippen molar-refractivity contribution in [3.63, 3.8) is 0 Å². The minimum Gasteiger partial charge on any atom is -0.322 e. The molecule has 104 valence electrons. The number of rotatable bonds is 1. The molecular formula is C13H10FIN2O3. The van der Waals surface area contributed by atoms with E-state index in [1.807, 2.05) is 22.6 Å². The van der Waals surface area contributed by atoms with Gasteiger partial charge in [0.2, 0.25) is 11.8 Å². The second-order valence-corrected chi connectivity index (χ2v) is 5.87. The summed E-state index contributed by atoms with van der Waals surface area (Å²) in [4.78, 5) is 36.7. The molecule has 0 aromatic heterocycles. The van der Waals surface area contributed by atoms with Crippen LogP contribution in [0.25, 0.3) is 0 Å². The van der Waals surface area contributed by atoms with Gasteiger partial charge in [-0.3, -0.25) is 19.7 Å². The molecule has 0 radical (unpaired) electrons.